The van der Waals surface area contributed by atoms with Gasteiger partial charge in [-0.1, -0.05) is 25.8 Å². The van der Waals surface area contributed by atoms with Gasteiger partial charge in [0.2, 0.25) is 0 Å². The SMILES string of the molecule is CCCCCn1c(C2CC2)nc2c(C(=O)O)cccc21. The van der Waals surface area contributed by atoms with Crippen LogP contribution in [-0.4, -0.2) is 20.6 Å². The Hall–Kier alpha value is -1.84. The first kappa shape index (κ1) is 13.2. The molecule has 0 saturated heterocycles. The summed E-state index contributed by atoms with van der Waals surface area (Å²) in [5.41, 5.74) is 1.94. The van der Waals surface area contributed by atoms with Gasteiger partial charge in [0.1, 0.15) is 11.3 Å². The topological polar surface area (TPSA) is 55.1 Å². The lowest BCUT2D eigenvalue weighted by molar-refractivity contribution is 0.0699. The van der Waals surface area contributed by atoms with Crippen LogP contribution in [-0.2, 0) is 6.54 Å². The van der Waals surface area contributed by atoms with E-state index in [0.29, 0.717) is 17.0 Å². The number of aromatic nitrogens is 2. The summed E-state index contributed by atoms with van der Waals surface area (Å²) in [5, 5.41) is 9.30. The van der Waals surface area contributed by atoms with Gasteiger partial charge in [-0.2, -0.15) is 0 Å². The van der Waals surface area contributed by atoms with Crippen molar-refractivity contribution < 1.29 is 9.90 Å². The van der Waals surface area contributed by atoms with Gasteiger partial charge in [0.15, 0.2) is 0 Å². The molecule has 1 aromatic carbocycles. The van der Waals surface area contributed by atoms with Gasteiger partial charge >= 0.3 is 5.97 Å². The van der Waals surface area contributed by atoms with Crippen molar-refractivity contribution in [2.45, 2.75) is 51.5 Å². The summed E-state index contributed by atoms with van der Waals surface area (Å²) in [6, 6.07) is 5.46. The van der Waals surface area contributed by atoms with E-state index in [2.05, 4.69) is 16.5 Å². The Morgan fingerprint density at radius 3 is 2.85 bits per heavy atom. The molecule has 0 bridgehead atoms. The molecule has 0 unspecified atom stereocenters. The highest BCUT2D eigenvalue weighted by molar-refractivity contribution is 6.01. The fraction of sp³-hybridized carbons (Fsp3) is 0.500. The van der Waals surface area contributed by atoms with E-state index in [9.17, 15) is 9.90 Å². The number of aryl methyl sites for hydroxylation is 1. The van der Waals surface area contributed by atoms with Crippen molar-refractivity contribution in [1.29, 1.82) is 0 Å². The van der Waals surface area contributed by atoms with Gasteiger partial charge in [-0.05, 0) is 31.4 Å². The summed E-state index contributed by atoms with van der Waals surface area (Å²) in [4.78, 5) is 16.0. The number of aromatic carboxylic acids is 1. The second kappa shape index (κ2) is 5.27. The zero-order valence-corrected chi connectivity index (χ0v) is 11.8. The van der Waals surface area contributed by atoms with Gasteiger partial charge < -0.3 is 9.67 Å². The molecule has 1 aliphatic carbocycles. The molecule has 0 spiro atoms. The number of hydrogen-bond acceptors (Lipinski definition) is 2. The first-order chi connectivity index (χ1) is 9.72. The van der Waals surface area contributed by atoms with E-state index in [1.165, 1.54) is 25.7 Å². The second-order valence-electron chi connectivity index (χ2n) is 5.58. The number of unbranched alkanes of at least 4 members (excludes halogenated alkanes) is 2. The molecule has 0 amide bonds. The lowest BCUT2D eigenvalue weighted by Crippen LogP contribution is -2.03. The molecular weight excluding hydrogens is 252 g/mol. The van der Waals surface area contributed by atoms with Crippen LogP contribution in [0.2, 0.25) is 0 Å². The molecule has 1 aromatic heterocycles. The maximum absolute atomic E-state index is 11.3. The molecule has 1 N–H and O–H groups in total. The average Bonchev–Trinajstić information content (AvgIpc) is 3.21. The minimum absolute atomic E-state index is 0.318. The molecule has 0 atom stereocenters. The van der Waals surface area contributed by atoms with Crippen molar-refractivity contribution in [2.75, 3.05) is 0 Å². The van der Waals surface area contributed by atoms with E-state index >= 15 is 0 Å². The highest BCUT2D eigenvalue weighted by atomic mass is 16.4. The summed E-state index contributed by atoms with van der Waals surface area (Å²) in [6.07, 6.45) is 5.87. The monoisotopic (exact) mass is 272 g/mol. The standard InChI is InChI=1S/C16H20N2O2/c1-2-3-4-10-18-13-7-5-6-12(16(19)20)14(13)17-15(18)11-8-9-11/h5-7,11H,2-4,8-10H2,1H3,(H,19,20). The number of carboxylic acids is 1. The molecule has 2 aromatic rings. The summed E-state index contributed by atoms with van der Waals surface area (Å²) >= 11 is 0. The smallest absolute Gasteiger partial charge is 0.337 e. The van der Waals surface area contributed by atoms with E-state index in [1.54, 1.807) is 6.07 Å². The van der Waals surface area contributed by atoms with Crippen LogP contribution < -0.4 is 0 Å². The van der Waals surface area contributed by atoms with Crippen LogP contribution in [0.15, 0.2) is 18.2 Å². The first-order valence-corrected chi connectivity index (χ1v) is 7.44. The van der Waals surface area contributed by atoms with Gasteiger partial charge in [-0.25, -0.2) is 9.78 Å². The molecule has 4 heteroatoms. The fourth-order valence-corrected chi connectivity index (χ4v) is 2.75. The summed E-state index contributed by atoms with van der Waals surface area (Å²) in [5.74, 6) is 0.728. The quantitative estimate of drug-likeness (QED) is 0.814. The third kappa shape index (κ3) is 2.30. The van der Waals surface area contributed by atoms with Crippen LogP contribution in [0, 0.1) is 0 Å². The number of fused-ring (bicyclic) bond motifs is 1. The third-order valence-electron chi connectivity index (χ3n) is 3.97. The van der Waals surface area contributed by atoms with Crippen molar-refractivity contribution >= 4 is 17.0 Å². The van der Waals surface area contributed by atoms with Crippen LogP contribution in [0.5, 0.6) is 0 Å². The van der Waals surface area contributed by atoms with Crippen molar-refractivity contribution in [3.05, 3.63) is 29.6 Å². The molecule has 1 aliphatic rings. The van der Waals surface area contributed by atoms with Crippen LogP contribution >= 0.6 is 0 Å². The van der Waals surface area contributed by atoms with Crippen molar-refractivity contribution in [2.24, 2.45) is 0 Å². The number of benzene rings is 1. The van der Waals surface area contributed by atoms with E-state index in [4.69, 9.17) is 0 Å². The number of para-hydroxylation sites is 1. The molecule has 0 radical (unpaired) electrons. The Kier molecular flexibility index (Phi) is 3.47. The lowest BCUT2D eigenvalue weighted by atomic mass is 10.2. The minimum Gasteiger partial charge on any atom is -0.478 e. The molecule has 1 fully saturated rings. The normalized spacial score (nSPS) is 14.8. The van der Waals surface area contributed by atoms with Crippen LogP contribution in [0.3, 0.4) is 0 Å². The lowest BCUT2D eigenvalue weighted by Gasteiger charge is -2.08. The minimum atomic E-state index is -0.892. The predicted molar refractivity (Wildman–Crippen MR) is 78.2 cm³/mol. The fourth-order valence-electron chi connectivity index (χ4n) is 2.75. The summed E-state index contributed by atoms with van der Waals surface area (Å²) < 4.78 is 2.25. The average molecular weight is 272 g/mol. The van der Waals surface area contributed by atoms with Gasteiger partial charge in [0.05, 0.1) is 11.1 Å². The van der Waals surface area contributed by atoms with E-state index in [1.807, 2.05) is 12.1 Å². The molecule has 4 nitrogen and oxygen atoms in total. The van der Waals surface area contributed by atoms with Crippen LogP contribution in [0.1, 0.15) is 61.1 Å². The van der Waals surface area contributed by atoms with Crippen LogP contribution in [0.4, 0.5) is 0 Å². The number of nitrogens with zero attached hydrogens (tertiary/aromatic N) is 2. The maximum Gasteiger partial charge on any atom is 0.337 e. The van der Waals surface area contributed by atoms with E-state index in [0.717, 1.165) is 24.3 Å². The number of carboxylic acid groups (broad SMARTS) is 1. The highest BCUT2D eigenvalue weighted by Crippen LogP contribution is 2.41. The predicted octanol–water partition coefficient (Wildman–Crippen LogP) is 3.80. The van der Waals surface area contributed by atoms with Crippen molar-refractivity contribution in [1.82, 2.24) is 9.55 Å². The Morgan fingerprint density at radius 1 is 1.40 bits per heavy atom. The molecule has 1 saturated carbocycles. The number of rotatable bonds is 6. The molecule has 106 valence electrons. The van der Waals surface area contributed by atoms with E-state index < -0.39 is 5.97 Å². The second-order valence-corrected chi connectivity index (χ2v) is 5.58. The Labute approximate surface area is 118 Å². The maximum atomic E-state index is 11.3. The zero-order valence-electron chi connectivity index (χ0n) is 11.8. The van der Waals surface area contributed by atoms with Gasteiger partial charge in [-0.15, -0.1) is 0 Å². The Balaban J connectivity index is 2.07. The first-order valence-electron chi connectivity index (χ1n) is 7.44. The molecule has 20 heavy (non-hydrogen) atoms. The summed E-state index contributed by atoms with van der Waals surface area (Å²) in [6.45, 7) is 3.13. The molecule has 1 heterocycles. The number of carbonyl (C=O) groups is 1. The zero-order chi connectivity index (χ0) is 14.1. The van der Waals surface area contributed by atoms with Crippen LogP contribution in [0.25, 0.3) is 11.0 Å². The van der Waals surface area contributed by atoms with E-state index in [-0.39, 0.29) is 0 Å². The number of hydrogen-bond donors (Lipinski definition) is 1. The highest BCUT2D eigenvalue weighted by Gasteiger charge is 2.30. The third-order valence-corrected chi connectivity index (χ3v) is 3.97. The molecule has 0 aliphatic heterocycles. The Bertz CT molecular complexity index is 641. The largest absolute Gasteiger partial charge is 0.478 e. The van der Waals surface area contributed by atoms with Crippen molar-refractivity contribution in [3.63, 3.8) is 0 Å². The molecule has 3 rings (SSSR count). The Morgan fingerprint density at radius 2 is 2.20 bits per heavy atom. The summed E-state index contributed by atoms with van der Waals surface area (Å²) in [7, 11) is 0. The number of imidazole rings is 1. The molecular formula is C16H20N2O2. The van der Waals surface area contributed by atoms with Gasteiger partial charge in [0.25, 0.3) is 0 Å². The van der Waals surface area contributed by atoms with Gasteiger partial charge in [-0.3, -0.25) is 0 Å². The van der Waals surface area contributed by atoms with Gasteiger partial charge in [0, 0.05) is 12.5 Å². The van der Waals surface area contributed by atoms with Crippen molar-refractivity contribution in [3.8, 4) is 0 Å².